The van der Waals surface area contributed by atoms with Crippen LogP contribution in [0.4, 0.5) is 4.79 Å². The molecule has 1 saturated heterocycles. The van der Waals surface area contributed by atoms with Gasteiger partial charge < -0.3 is 9.64 Å². The highest BCUT2D eigenvalue weighted by atomic mass is 16.6. The number of nitrogens with zero attached hydrogens (tertiary/aromatic N) is 4. The summed E-state index contributed by atoms with van der Waals surface area (Å²) in [5.74, 6) is 0.459. The van der Waals surface area contributed by atoms with Gasteiger partial charge in [-0.15, -0.1) is 10.2 Å². The van der Waals surface area contributed by atoms with Gasteiger partial charge >= 0.3 is 6.09 Å². The van der Waals surface area contributed by atoms with Crippen LogP contribution in [0.25, 0.3) is 5.65 Å². The van der Waals surface area contributed by atoms with Crippen molar-refractivity contribution < 1.29 is 9.53 Å². The summed E-state index contributed by atoms with van der Waals surface area (Å²) in [5, 5.41) is 8.02. The lowest BCUT2D eigenvalue weighted by molar-refractivity contribution is 0.0204. The van der Waals surface area contributed by atoms with Gasteiger partial charge in [-0.25, -0.2) is 4.79 Å². The molecule has 0 radical (unpaired) electrons. The smallest absolute Gasteiger partial charge is 0.410 e. The molecule has 23 heavy (non-hydrogen) atoms. The average Bonchev–Trinajstić information content (AvgIpc) is 2.92. The molecular formula is C17H24N4O2. The van der Waals surface area contributed by atoms with Crippen molar-refractivity contribution in [3.63, 3.8) is 0 Å². The molecule has 0 atom stereocenters. The maximum atomic E-state index is 12.1. The summed E-state index contributed by atoms with van der Waals surface area (Å²) >= 11 is 0. The first-order chi connectivity index (χ1) is 10.8. The van der Waals surface area contributed by atoms with E-state index < -0.39 is 5.60 Å². The Morgan fingerprint density at radius 2 is 2.00 bits per heavy atom. The number of ether oxygens (including phenoxy) is 1. The first-order valence-corrected chi connectivity index (χ1v) is 8.11. The lowest BCUT2D eigenvalue weighted by atomic mass is 9.88. The predicted octanol–water partition coefficient (Wildman–Crippen LogP) is 3.15. The number of carbonyl (C=O) groups excluding carboxylic acids is 1. The van der Waals surface area contributed by atoms with E-state index in [-0.39, 0.29) is 6.09 Å². The number of hydrogen-bond acceptors (Lipinski definition) is 4. The van der Waals surface area contributed by atoms with Crippen molar-refractivity contribution in [2.24, 2.45) is 0 Å². The van der Waals surface area contributed by atoms with Crippen LogP contribution in [0, 0.1) is 6.92 Å². The maximum absolute atomic E-state index is 12.1. The summed E-state index contributed by atoms with van der Waals surface area (Å²) in [6.07, 6.45) is 5.55. The minimum atomic E-state index is -0.440. The minimum Gasteiger partial charge on any atom is -0.444 e. The predicted molar refractivity (Wildman–Crippen MR) is 87.5 cm³/mol. The Balaban J connectivity index is 1.68. The van der Waals surface area contributed by atoms with E-state index in [0.717, 1.165) is 31.6 Å². The van der Waals surface area contributed by atoms with Crippen molar-refractivity contribution in [2.45, 2.75) is 52.1 Å². The average molecular weight is 316 g/mol. The minimum absolute atomic E-state index is 0.207. The number of pyridine rings is 1. The van der Waals surface area contributed by atoms with Crippen molar-refractivity contribution in [1.29, 1.82) is 0 Å². The van der Waals surface area contributed by atoms with Crippen LogP contribution in [0.15, 0.2) is 18.6 Å². The summed E-state index contributed by atoms with van der Waals surface area (Å²) in [7, 11) is 0. The molecule has 3 heterocycles. The summed E-state index contributed by atoms with van der Waals surface area (Å²) in [4.78, 5) is 14.0. The van der Waals surface area contributed by atoms with E-state index in [1.165, 1.54) is 11.1 Å². The number of carbonyl (C=O) groups is 1. The Bertz CT molecular complexity index is 709. The van der Waals surface area contributed by atoms with E-state index in [1.807, 2.05) is 30.1 Å². The van der Waals surface area contributed by atoms with Crippen LogP contribution in [0.1, 0.15) is 50.7 Å². The van der Waals surface area contributed by atoms with Gasteiger partial charge in [0.15, 0.2) is 5.65 Å². The lowest BCUT2D eigenvalue weighted by Gasteiger charge is -2.34. The highest BCUT2D eigenvalue weighted by Crippen LogP contribution is 2.31. The number of piperidine rings is 1. The van der Waals surface area contributed by atoms with Gasteiger partial charge in [-0.2, -0.15) is 0 Å². The summed E-state index contributed by atoms with van der Waals surface area (Å²) < 4.78 is 7.42. The highest BCUT2D eigenvalue weighted by Gasteiger charge is 2.28. The van der Waals surface area contributed by atoms with Crippen LogP contribution in [0.5, 0.6) is 0 Å². The van der Waals surface area contributed by atoms with Gasteiger partial charge in [-0.3, -0.25) is 4.40 Å². The largest absolute Gasteiger partial charge is 0.444 e. The molecule has 0 spiro atoms. The Hall–Kier alpha value is -2.11. The molecule has 1 amide bonds. The number of likely N-dealkylation sites (tertiary alicyclic amines) is 1. The van der Waals surface area contributed by atoms with Crippen LogP contribution < -0.4 is 0 Å². The Labute approximate surface area is 136 Å². The molecule has 1 fully saturated rings. The summed E-state index contributed by atoms with van der Waals surface area (Å²) in [6, 6.07) is 2.07. The topological polar surface area (TPSA) is 59.7 Å². The zero-order valence-electron chi connectivity index (χ0n) is 14.2. The molecular weight excluding hydrogens is 292 g/mol. The third-order valence-electron chi connectivity index (χ3n) is 4.27. The van der Waals surface area contributed by atoms with Crippen molar-refractivity contribution in [1.82, 2.24) is 19.5 Å². The number of aromatic nitrogens is 3. The first-order valence-electron chi connectivity index (χ1n) is 8.11. The third-order valence-corrected chi connectivity index (χ3v) is 4.27. The third kappa shape index (κ3) is 3.46. The number of rotatable bonds is 1. The Morgan fingerprint density at radius 1 is 1.30 bits per heavy atom. The van der Waals surface area contributed by atoms with Crippen molar-refractivity contribution >= 4 is 11.7 Å². The van der Waals surface area contributed by atoms with Gasteiger partial charge in [0.05, 0.1) is 0 Å². The fraction of sp³-hybridized carbons (Fsp3) is 0.588. The second kappa shape index (κ2) is 5.83. The summed E-state index contributed by atoms with van der Waals surface area (Å²) in [5.41, 5.74) is 2.99. The quantitative estimate of drug-likeness (QED) is 0.811. The van der Waals surface area contributed by atoms with Crippen LogP contribution in [0.3, 0.4) is 0 Å². The van der Waals surface area contributed by atoms with Gasteiger partial charge in [0.25, 0.3) is 0 Å². The van der Waals surface area contributed by atoms with E-state index in [1.54, 1.807) is 6.33 Å². The fourth-order valence-electron chi connectivity index (χ4n) is 3.11. The number of amides is 1. The van der Waals surface area contributed by atoms with Gasteiger partial charge in [-0.1, -0.05) is 0 Å². The number of hydrogen-bond donors (Lipinski definition) is 0. The van der Waals surface area contributed by atoms with Gasteiger partial charge in [0.1, 0.15) is 11.9 Å². The molecule has 2 aromatic rings. The number of aryl methyl sites for hydroxylation is 1. The molecule has 2 aromatic heterocycles. The molecule has 124 valence electrons. The highest BCUT2D eigenvalue weighted by molar-refractivity contribution is 5.68. The molecule has 3 rings (SSSR count). The Morgan fingerprint density at radius 3 is 2.65 bits per heavy atom. The van der Waals surface area contributed by atoms with Crippen LogP contribution in [0.2, 0.25) is 0 Å². The molecule has 0 unspecified atom stereocenters. The van der Waals surface area contributed by atoms with Crippen LogP contribution in [-0.2, 0) is 4.74 Å². The molecule has 1 aliphatic rings. The molecule has 0 bridgehead atoms. The maximum Gasteiger partial charge on any atom is 0.410 e. The van der Waals surface area contributed by atoms with Crippen molar-refractivity contribution in [2.75, 3.05) is 13.1 Å². The van der Waals surface area contributed by atoms with E-state index in [9.17, 15) is 4.79 Å². The SMILES string of the molecule is Cc1cc2nncn2cc1C1CCN(C(=O)OC(C)(C)C)CC1. The molecule has 0 aliphatic carbocycles. The molecule has 1 aliphatic heterocycles. The van der Waals surface area contributed by atoms with Gasteiger partial charge in [0.2, 0.25) is 0 Å². The molecule has 0 aromatic carbocycles. The zero-order valence-corrected chi connectivity index (χ0v) is 14.2. The fourth-order valence-corrected chi connectivity index (χ4v) is 3.11. The zero-order chi connectivity index (χ0) is 16.6. The second-order valence-corrected chi connectivity index (χ2v) is 7.25. The monoisotopic (exact) mass is 316 g/mol. The molecule has 0 N–H and O–H groups in total. The van der Waals surface area contributed by atoms with E-state index >= 15 is 0 Å². The first kappa shape index (κ1) is 15.8. The van der Waals surface area contributed by atoms with Crippen LogP contribution >= 0.6 is 0 Å². The van der Waals surface area contributed by atoms with Gasteiger partial charge in [0, 0.05) is 19.3 Å². The van der Waals surface area contributed by atoms with Crippen LogP contribution in [-0.4, -0.2) is 44.3 Å². The normalized spacial score (nSPS) is 16.8. The van der Waals surface area contributed by atoms with E-state index in [2.05, 4.69) is 29.4 Å². The van der Waals surface area contributed by atoms with Gasteiger partial charge in [-0.05, 0) is 63.6 Å². The van der Waals surface area contributed by atoms with E-state index in [4.69, 9.17) is 4.74 Å². The Kier molecular flexibility index (Phi) is 4.00. The summed E-state index contributed by atoms with van der Waals surface area (Å²) in [6.45, 7) is 9.28. The standard InChI is InChI=1S/C17H24N4O2/c1-12-9-15-19-18-11-21(15)10-14(12)13-5-7-20(8-6-13)16(22)23-17(2,3)4/h9-11,13H,5-8H2,1-4H3. The molecule has 6 heteroatoms. The second-order valence-electron chi connectivity index (χ2n) is 7.25. The van der Waals surface area contributed by atoms with Crippen molar-refractivity contribution in [3.05, 3.63) is 29.7 Å². The lowest BCUT2D eigenvalue weighted by Crippen LogP contribution is -2.41. The van der Waals surface area contributed by atoms with Crippen molar-refractivity contribution in [3.8, 4) is 0 Å². The molecule has 6 nitrogen and oxygen atoms in total. The molecule has 0 saturated carbocycles. The number of fused-ring (bicyclic) bond motifs is 1. The van der Waals surface area contributed by atoms with E-state index in [0.29, 0.717) is 5.92 Å².